The molecule has 0 aliphatic carbocycles. The summed E-state index contributed by atoms with van der Waals surface area (Å²) >= 11 is 11.1. The molecular weight excluding hydrogens is 329 g/mol. The first-order chi connectivity index (χ1) is 10.4. The lowest BCUT2D eigenvalue weighted by Gasteiger charge is -2.27. The van der Waals surface area contributed by atoms with Gasteiger partial charge < -0.3 is 9.88 Å². The van der Waals surface area contributed by atoms with Crippen LogP contribution in [0.2, 0.25) is 5.02 Å². The summed E-state index contributed by atoms with van der Waals surface area (Å²) in [6, 6.07) is 4.26. The number of nitrogens with one attached hydrogen (secondary N) is 2. The number of nitrogens with zero attached hydrogens (tertiary/aromatic N) is 1. The number of carbonyl (C=O) groups excluding carboxylic acids is 1. The molecule has 3 rings (SSSR count). The Morgan fingerprint density at radius 2 is 2.09 bits per heavy atom. The molecule has 1 unspecified atom stereocenters. The number of aromatic amines is 1. The van der Waals surface area contributed by atoms with Gasteiger partial charge in [0.1, 0.15) is 11.6 Å². The van der Waals surface area contributed by atoms with Crippen LogP contribution in [0.4, 0.5) is 10.2 Å². The van der Waals surface area contributed by atoms with Gasteiger partial charge in [-0.05, 0) is 24.4 Å². The topological polar surface area (TPSA) is 66.9 Å². The largest absolute Gasteiger partial charge is 0.312 e. The Morgan fingerprint density at radius 1 is 1.36 bits per heavy atom. The molecule has 22 heavy (non-hydrogen) atoms. The molecule has 0 spiro atoms. The normalized spacial score (nSPS) is 17.0. The second-order valence-electron chi connectivity index (χ2n) is 5.02. The smallest absolute Gasteiger partial charge is 0.257 e. The van der Waals surface area contributed by atoms with E-state index in [0.717, 1.165) is 0 Å². The molecule has 5 nitrogen and oxygen atoms in total. The van der Waals surface area contributed by atoms with E-state index in [9.17, 15) is 14.0 Å². The zero-order valence-corrected chi connectivity index (χ0v) is 13.0. The Morgan fingerprint density at radius 3 is 2.77 bits per heavy atom. The molecule has 1 aliphatic heterocycles. The first-order valence-corrected chi connectivity index (χ1v) is 7.25. The summed E-state index contributed by atoms with van der Waals surface area (Å²) < 4.78 is 15.9. The van der Waals surface area contributed by atoms with Crippen LogP contribution in [0.25, 0.3) is 0 Å². The molecule has 2 N–H and O–H groups in total. The predicted molar refractivity (Wildman–Crippen MR) is 83.4 cm³/mol. The Balaban J connectivity index is 2.34. The summed E-state index contributed by atoms with van der Waals surface area (Å²) in [5, 5.41) is 2.80. The van der Waals surface area contributed by atoms with E-state index in [1.165, 1.54) is 22.8 Å². The van der Waals surface area contributed by atoms with E-state index in [1.54, 1.807) is 7.05 Å². The minimum absolute atomic E-state index is 0.0620. The van der Waals surface area contributed by atoms with E-state index in [1.807, 2.05) is 0 Å². The highest BCUT2D eigenvalue weighted by atomic mass is 35.5. The Hall–Kier alpha value is -1.99. The van der Waals surface area contributed by atoms with Crippen LogP contribution in [0, 0.1) is 10.6 Å². The molecule has 2 heterocycles. The molecule has 0 bridgehead atoms. The zero-order valence-electron chi connectivity index (χ0n) is 11.4. The molecule has 2 aromatic rings. The van der Waals surface area contributed by atoms with E-state index in [2.05, 4.69) is 10.3 Å². The quantitative estimate of drug-likeness (QED) is 0.785. The third-order valence-electron chi connectivity index (χ3n) is 3.70. The Labute approximate surface area is 134 Å². The van der Waals surface area contributed by atoms with Gasteiger partial charge in [0, 0.05) is 30.0 Å². The lowest BCUT2D eigenvalue weighted by atomic mass is 9.86. The fourth-order valence-corrected chi connectivity index (χ4v) is 3.15. The molecule has 1 aliphatic rings. The van der Waals surface area contributed by atoms with Crippen LogP contribution in [0.15, 0.2) is 23.0 Å². The third kappa shape index (κ3) is 2.26. The summed E-state index contributed by atoms with van der Waals surface area (Å²) in [4.78, 5) is 26.8. The average Bonchev–Trinajstić information content (AvgIpc) is 2.44. The van der Waals surface area contributed by atoms with Crippen molar-refractivity contribution < 1.29 is 9.18 Å². The van der Waals surface area contributed by atoms with Gasteiger partial charge in [-0.15, -0.1) is 0 Å². The van der Waals surface area contributed by atoms with Gasteiger partial charge >= 0.3 is 0 Å². The molecule has 114 valence electrons. The Kier molecular flexibility index (Phi) is 3.62. The summed E-state index contributed by atoms with van der Waals surface area (Å²) in [6.07, 6.45) is -0.0620. The molecular formula is C14H11ClFN3O2S. The highest BCUT2D eigenvalue weighted by Crippen LogP contribution is 2.38. The fourth-order valence-electron chi connectivity index (χ4n) is 2.67. The van der Waals surface area contributed by atoms with Crippen molar-refractivity contribution >= 4 is 35.5 Å². The monoisotopic (exact) mass is 339 g/mol. The number of hydrogen-bond acceptors (Lipinski definition) is 3. The van der Waals surface area contributed by atoms with E-state index in [0.29, 0.717) is 0 Å². The maximum absolute atomic E-state index is 14.2. The van der Waals surface area contributed by atoms with Gasteiger partial charge in [-0.2, -0.15) is 0 Å². The van der Waals surface area contributed by atoms with Gasteiger partial charge in [-0.25, -0.2) is 4.39 Å². The van der Waals surface area contributed by atoms with Crippen molar-refractivity contribution in [1.29, 1.82) is 0 Å². The summed E-state index contributed by atoms with van der Waals surface area (Å²) in [7, 11) is 1.61. The first-order valence-electron chi connectivity index (χ1n) is 6.47. The van der Waals surface area contributed by atoms with Crippen LogP contribution >= 0.6 is 23.8 Å². The predicted octanol–water partition coefficient (Wildman–Crippen LogP) is 2.71. The number of aromatic nitrogens is 2. The lowest BCUT2D eigenvalue weighted by molar-refractivity contribution is -0.116. The number of fused-ring (bicyclic) bond motifs is 1. The Bertz CT molecular complexity index is 886. The summed E-state index contributed by atoms with van der Waals surface area (Å²) in [6.45, 7) is 0. The van der Waals surface area contributed by atoms with E-state index >= 15 is 0 Å². The van der Waals surface area contributed by atoms with Crippen molar-refractivity contribution in [1.82, 2.24) is 9.55 Å². The maximum Gasteiger partial charge on any atom is 0.257 e. The summed E-state index contributed by atoms with van der Waals surface area (Å²) in [5.74, 6) is -1.37. The van der Waals surface area contributed by atoms with Gasteiger partial charge in [-0.1, -0.05) is 17.7 Å². The summed E-state index contributed by atoms with van der Waals surface area (Å²) in [5.41, 5.74) is -0.0620. The number of hydrogen-bond donors (Lipinski definition) is 2. The molecule has 0 saturated heterocycles. The second-order valence-corrected chi connectivity index (χ2v) is 5.81. The lowest BCUT2D eigenvalue weighted by Crippen LogP contribution is -2.33. The molecule has 1 aromatic carbocycles. The number of benzene rings is 1. The van der Waals surface area contributed by atoms with Gasteiger partial charge in [0.2, 0.25) is 5.91 Å². The van der Waals surface area contributed by atoms with Crippen molar-refractivity contribution in [3.05, 3.63) is 55.3 Å². The number of anilines is 1. The number of rotatable bonds is 1. The first kappa shape index (κ1) is 14.9. The van der Waals surface area contributed by atoms with Crippen LogP contribution in [0.1, 0.15) is 23.5 Å². The SMILES string of the molecule is Cn1c2c(c(=O)[nH]c1=S)C(c1c(F)cccc1Cl)CC(=O)N2. The van der Waals surface area contributed by atoms with Crippen LogP contribution in [0.3, 0.4) is 0 Å². The maximum atomic E-state index is 14.2. The van der Waals surface area contributed by atoms with Crippen LogP contribution in [-0.2, 0) is 11.8 Å². The van der Waals surface area contributed by atoms with Crippen molar-refractivity contribution in [2.75, 3.05) is 5.32 Å². The number of carbonyl (C=O) groups is 1. The van der Waals surface area contributed by atoms with Gasteiger partial charge in [0.05, 0.1) is 5.56 Å². The minimum Gasteiger partial charge on any atom is -0.312 e. The molecule has 1 aromatic heterocycles. The highest BCUT2D eigenvalue weighted by Gasteiger charge is 2.33. The zero-order chi connectivity index (χ0) is 16.0. The van der Waals surface area contributed by atoms with Crippen LogP contribution in [0.5, 0.6) is 0 Å². The average molecular weight is 340 g/mol. The van der Waals surface area contributed by atoms with Crippen molar-refractivity contribution in [3.63, 3.8) is 0 Å². The molecule has 0 saturated carbocycles. The van der Waals surface area contributed by atoms with Crippen molar-refractivity contribution in [3.8, 4) is 0 Å². The van der Waals surface area contributed by atoms with Gasteiger partial charge in [0.25, 0.3) is 5.56 Å². The van der Waals surface area contributed by atoms with Crippen LogP contribution < -0.4 is 10.9 Å². The van der Waals surface area contributed by atoms with Gasteiger partial charge in [-0.3, -0.25) is 14.6 Å². The van der Waals surface area contributed by atoms with Gasteiger partial charge in [0.15, 0.2) is 4.77 Å². The second kappa shape index (κ2) is 5.33. The highest BCUT2D eigenvalue weighted by molar-refractivity contribution is 7.71. The van der Waals surface area contributed by atoms with E-state index < -0.39 is 17.3 Å². The molecule has 1 atom stereocenters. The third-order valence-corrected chi connectivity index (χ3v) is 4.41. The standard InChI is InChI=1S/C14H11ClFN3O2S/c1-19-12-11(13(21)18-14(19)22)6(5-9(20)17-12)10-7(15)3-2-4-8(10)16/h2-4,6H,5H2,1H3,(H,17,20)(H,18,21,22). The number of amides is 1. The minimum atomic E-state index is -0.761. The molecule has 8 heteroatoms. The van der Waals surface area contributed by atoms with Crippen LogP contribution in [-0.4, -0.2) is 15.5 Å². The molecule has 1 amide bonds. The van der Waals surface area contributed by atoms with E-state index in [-0.39, 0.29) is 39.1 Å². The molecule has 0 fully saturated rings. The van der Waals surface area contributed by atoms with Crippen molar-refractivity contribution in [2.45, 2.75) is 12.3 Å². The fraction of sp³-hybridized carbons (Fsp3) is 0.214. The van der Waals surface area contributed by atoms with E-state index in [4.69, 9.17) is 23.8 Å². The number of H-pyrrole nitrogens is 1. The number of halogens is 2. The van der Waals surface area contributed by atoms with Crippen molar-refractivity contribution in [2.24, 2.45) is 7.05 Å². The molecule has 0 radical (unpaired) electrons.